The summed E-state index contributed by atoms with van der Waals surface area (Å²) in [4.78, 5) is 25.4. The van der Waals surface area contributed by atoms with Crippen molar-refractivity contribution in [2.24, 2.45) is 0 Å². The quantitative estimate of drug-likeness (QED) is 0.436. The monoisotopic (exact) mass is 414 g/mol. The molecule has 0 spiro atoms. The molecule has 4 rings (SSSR count). The first-order chi connectivity index (χ1) is 15.1. The molecule has 0 fully saturated rings. The summed E-state index contributed by atoms with van der Waals surface area (Å²) in [5.74, 6) is -0.543. The summed E-state index contributed by atoms with van der Waals surface area (Å²) < 4.78 is 12.3. The number of para-hydroxylation sites is 1. The molecule has 0 atom stereocenters. The van der Waals surface area contributed by atoms with Crippen LogP contribution in [-0.4, -0.2) is 22.4 Å². The lowest BCUT2D eigenvalue weighted by Gasteiger charge is -2.14. The van der Waals surface area contributed by atoms with Crippen molar-refractivity contribution in [2.45, 2.75) is 20.5 Å². The Morgan fingerprint density at radius 2 is 1.74 bits per heavy atom. The second-order valence-electron chi connectivity index (χ2n) is 7.04. The van der Waals surface area contributed by atoms with E-state index in [9.17, 15) is 9.59 Å². The molecule has 0 aliphatic rings. The normalized spacial score (nSPS) is 10.8. The van der Waals surface area contributed by atoms with Crippen molar-refractivity contribution in [1.82, 2.24) is 9.78 Å². The SMILES string of the molecule is CCOC(=O)c1nn(-c2ccccc2C)c(=O)cc1OCc1cccc2ccccc12. The fourth-order valence-corrected chi connectivity index (χ4v) is 3.44. The van der Waals surface area contributed by atoms with Gasteiger partial charge in [-0.3, -0.25) is 4.79 Å². The molecule has 156 valence electrons. The Kier molecular flexibility index (Phi) is 5.80. The summed E-state index contributed by atoms with van der Waals surface area (Å²) in [6.07, 6.45) is 0. The summed E-state index contributed by atoms with van der Waals surface area (Å²) in [5.41, 5.74) is 1.96. The molecule has 0 unspecified atom stereocenters. The molecular weight excluding hydrogens is 392 g/mol. The van der Waals surface area contributed by atoms with Crippen LogP contribution in [0.2, 0.25) is 0 Å². The van der Waals surface area contributed by atoms with Crippen molar-refractivity contribution in [1.29, 1.82) is 0 Å². The van der Waals surface area contributed by atoms with Gasteiger partial charge in [0.1, 0.15) is 6.61 Å². The predicted molar refractivity (Wildman–Crippen MR) is 119 cm³/mol. The van der Waals surface area contributed by atoms with Crippen LogP contribution in [-0.2, 0) is 11.3 Å². The molecule has 31 heavy (non-hydrogen) atoms. The molecule has 0 bridgehead atoms. The van der Waals surface area contributed by atoms with Gasteiger partial charge in [-0.25, -0.2) is 4.79 Å². The number of nitrogens with zero attached hydrogens (tertiary/aromatic N) is 2. The van der Waals surface area contributed by atoms with Gasteiger partial charge in [-0.05, 0) is 41.8 Å². The third kappa shape index (κ3) is 4.19. The maximum absolute atomic E-state index is 12.8. The number of hydrogen-bond donors (Lipinski definition) is 0. The minimum absolute atomic E-state index is 0.0371. The van der Waals surface area contributed by atoms with Gasteiger partial charge in [-0.2, -0.15) is 9.78 Å². The Bertz CT molecular complexity index is 1310. The van der Waals surface area contributed by atoms with Gasteiger partial charge in [0.15, 0.2) is 5.75 Å². The van der Waals surface area contributed by atoms with Crippen molar-refractivity contribution < 1.29 is 14.3 Å². The molecule has 0 saturated carbocycles. The van der Waals surface area contributed by atoms with Crippen LogP contribution in [0.3, 0.4) is 0 Å². The number of hydrogen-bond acceptors (Lipinski definition) is 5. The zero-order valence-corrected chi connectivity index (χ0v) is 17.4. The van der Waals surface area contributed by atoms with E-state index in [-0.39, 0.29) is 24.7 Å². The maximum Gasteiger partial charge on any atom is 0.362 e. The first-order valence-corrected chi connectivity index (χ1v) is 10.1. The zero-order chi connectivity index (χ0) is 21.8. The third-order valence-corrected chi connectivity index (χ3v) is 4.97. The molecule has 1 heterocycles. The number of esters is 1. The molecule has 1 aromatic heterocycles. The molecule has 0 N–H and O–H groups in total. The van der Waals surface area contributed by atoms with Crippen molar-refractivity contribution in [3.8, 4) is 11.4 Å². The summed E-state index contributed by atoms with van der Waals surface area (Å²) in [6.45, 7) is 3.96. The van der Waals surface area contributed by atoms with Gasteiger partial charge < -0.3 is 9.47 Å². The van der Waals surface area contributed by atoms with Gasteiger partial charge in [0.05, 0.1) is 18.4 Å². The molecule has 4 aromatic rings. The molecule has 0 aliphatic carbocycles. The summed E-state index contributed by atoms with van der Waals surface area (Å²) in [7, 11) is 0. The van der Waals surface area contributed by atoms with Crippen molar-refractivity contribution in [3.63, 3.8) is 0 Å². The maximum atomic E-state index is 12.8. The molecular formula is C25H22N2O4. The van der Waals surface area contributed by atoms with Gasteiger partial charge in [0, 0.05) is 0 Å². The Hall–Kier alpha value is -3.93. The second-order valence-corrected chi connectivity index (χ2v) is 7.04. The molecule has 0 saturated heterocycles. The van der Waals surface area contributed by atoms with E-state index in [4.69, 9.17) is 9.47 Å². The topological polar surface area (TPSA) is 70.4 Å². The van der Waals surface area contributed by atoms with Gasteiger partial charge in [-0.1, -0.05) is 60.7 Å². The molecule has 0 amide bonds. The van der Waals surface area contributed by atoms with Crippen LogP contribution in [0.4, 0.5) is 0 Å². The molecule has 6 nitrogen and oxygen atoms in total. The number of carbonyl (C=O) groups excluding carboxylic acids is 1. The van der Waals surface area contributed by atoms with Crippen LogP contribution in [0, 0.1) is 6.92 Å². The standard InChI is InChI=1S/C25H22N2O4/c1-3-30-25(29)24-22(15-23(28)27(26-24)21-14-7-4-9-17(21)2)31-16-19-12-8-11-18-10-5-6-13-20(18)19/h4-15H,3,16H2,1-2H3. The fraction of sp³-hybridized carbons (Fsp3) is 0.160. The van der Waals surface area contributed by atoms with E-state index in [1.807, 2.05) is 67.6 Å². The number of benzene rings is 3. The van der Waals surface area contributed by atoms with Gasteiger partial charge in [-0.15, -0.1) is 0 Å². The van der Waals surface area contributed by atoms with Crippen LogP contribution in [0.5, 0.6) is 5.75 Å². The average molecular weight is 414 g/mol. The number of rotatable bonds is 6. The number of fused-ring (bicyclic) bond motifs is 1. The zero-order valence-electron chi connectivity index (χ0n) is 17.4. The minimum Gasteiger partial charge on any atom is -0.486 e. The van der Waals surface area contributed by atoms with E-state index >= 15 is 0 Å². The van der Waals surface area contributed by atoms with Gasteiger partial charge >= 0.3 is 5.97 Å². The highest BCUT2D eigenvalue weighted by Crippen LogP contribution is 2.22. The lowest BCUT2D eigenvalue weighted by Crippen LogP contribution is -2.25. The summed E-state index contributed by atoms with van der Waals surface area (Å²) in [5, 5.41) is 6.43. The first kappa shape index (κ1) is 20.3. The van der Waals surface area contributed by atoms with E-state index in [0.29, 0.717) is 5.69 Å². The predicted octanol–water partition coefficient (Wildman–Crippen LogP) is 4.45. The largest absolute Gasteiger partial charge is 0.486 e. The van der Waals surface area contributed by atoms with Crippen LogP contribution in [0.15, 0.2) is 77.6 Å². The number of carbonyl (C=O) groups is 1. The van der Waals surface area contributed by atoms with Crippen molar-refractivity contribution >= 4 is 16.7 Å². The van der Waals surface area contributed by atoms with Crippen molar-refractivity contribution in [3.05, 3.63) is 100.0 Å². The second kappa shape index (κ2) is 8.83. The van der Waals surface area contributed by atoms with Crippen LogP contribution < -0.4 is 10.3 Å². The van der Waals surface area contributed by atoms with E-state index in [2.05, 4.69) is 5.10 Å². The highest BCUT2D eigenvalue weighted by Gasteiger charge is 2.20. The Morgan fingerprint density at radius 3 is 2.55 bits per heavy atom. The Labute approximate surface area is 179 Å². The van der Waals surface area contributed by atoms with Crippen LogP contribution >= 0.6 is 0 Å². The lowest BCUT2D eigenvalue weighted by molar-refractivity contribution is 0.0511. The van der Waals surface area contributed by atoms with E-state index < -0.39 is 11.5 Å². The van der Waals surface area contributed by atoms with Crippen LogP contribution in [0.25, 0.3) is 16.5 Å². The van der Waals surface area contributed by atoms with E-state index in [1.54, 1.807) is 13.0 Å². The lowest BCUT2D eigenvalue weighted by atomic mass is 10.1. The van der Waals surface area contributed by atoms with E-state index in [1.165, 1.54) is 10.7 Å². The summed E-state index contributed by atoms with van der Waals surface area (Å²) >= 11 is 0. The average Bonchev–Trinajstić information content (AvgIpc) is 2.78. The molecule has 6 heteroatoms. The highest BCUT2D eigenvalue weighted by atomic mass is 16.5. The van der Waals surface area contributed by atoms with Crippen LogP contribution in [0.1, 0.15) is 28.5 Å². The van der Waals surface area contributed by atoms with Crippen molar-refractivity contribution in [2.75, 3.05) is 6.61 Å². The summed E-state index contributed by atoms with van der Waals surface area (Å²) in [6, 6.07) is 22.5. The van der Waals surface area contributed by atoms with E-state index in [0.717, 1.165) is 21.9 Å². The minimum atomic E-state index is -0.641. The Morgan fingerprint density at radius 1 is 1.00 bits per heavy atom. The Balaban J connectivity index is 1.74. The third-order valence-electron chi connectivity index (χ3n) is 4.97. The fourth-order valence-electron chi connectivity index (χ4n) is 3.44. The molecule has 0 aliphatic heterocycles. The first-order valence-electron chi connectivity index (χ1n) is 10.1. The number of ether oxygens (including phenoxy) is 2. The van der Waals surface area contributed by atoms with Gasteiger partial charge in [0.2, 0.25) is 5.69 Å². The van der Waals surface area contributed by atoms with Gasteiger partial charge in [0.25, 0.3) is 5.56 Å². The molecule has 3 aromatic carbocycles. The number of aryl methyl sites for hydroxylation is 1. The highest BCUT2D eigenvalue weighted by molar-refractivity contribution is 5.90. The smallest absolute Gasteiger partial charge is 0.362 e. The molecule has 0 radical (unpaired) electrons. The number of aromatic nitrogens is 2.